The molecule has 1 heterocycles. The summed E-state index contributed by atoms with van der Waals surface area (Å²) in [5.74, 6) is 0. The molecule has 2 nitrogen and oxygen atoms in total. The summed E-state index contributed by atoms with van der Waals surface area (Å²) in [5, 5.41) is 3.65. The Morgan fingerprint density at radius 3 is 2.20 bits per heavy atom. The third-order valence-corrected chi connectivity index (χ3v) is 4.55. The highest BCUT2D eigenvalue weighted by molar-refractivity contribution is 14.1. The first-order valence-corrected chi connectivity index (χ1v) is 8.21. The van der Waals surface area contributed by atoms with E-state index >= 15 is 0 Å². The molecule has 2 aromatic rings. The Balaban J connectivity index is 1.55. The zero-order valence-corrected chi connectivity index (χ0v) is 13.6. The van der Waals surface area contributed by atoms with Gasteiger partial charge in [0.05, 0.1) is 0 Å². The molecular weight excluding hydrogens is 359 g/mol. The van der Waals surface area contributed by atoms with Gasteiger partial charge in [0, 0.05) is 34.1 Å². The van der Waals surface area contributed by atoms with Gasteiger partial charge in [-0.25, -0.2) is 0 Å². The standard InChI is InChI=1S/C17H19IN2/c18-14-6-8-15(9-7-14)19-16-10-12-20(13-11-16)17-4-2-1-3-5-17/h1-9,16,19H,10-13H2. The minimum Gasteiger partial charge on any atom is -0.382 e. The average Bonchev–Trinajstić information content (AvgIpc) is 2.51. The smallest absolute Gasteiger partial charge is 0.0366 e. The van der Waals surface area contributed by atoms with Crippen LogP contribution in [0.2, 0.25) is 0 Å². The number of hydrogen-bond acceptors (Lipinski definition) is 2. The van der Waals surface area contributed by atoms with Gasteiger partial charge >= 0.3 is 0 Å². The Kier molecular flexibility index (Phi) is 4.45. The van der Waals surface area contributed by atoms with Gasteiger partial charge in [0.2, 0.25) is 0 Å². The maximum absolute atomic E-state index is 3.65. The number of halogens is 1. The minimum absolute atomic E-state index is 0.593. The lowest BCUT2D eigenvalue weighted by Gasteiger charge is -2.34. The van der Waals surface area contributed by atoms with Crippen LogP contribution < -0.4 is 10.2 Å². The number of piperidine rings is 1. The number of rotatable bonds is 3. The highest BCUT2D eigenvalue weighted by atomic mass is 127. The van der Waals surface area contributed by atoms with Crippen molar-refractivity contribution < 1.29 is 0 Å². The average molecular weight is 378 g/mol. The van der Waals surface area contributed by atoms with Gasteiger partial charge in [-0.2, -0.15) is 0 Å². The fourth-order valence-corrected chi connectivity index (χ4v) is 3.06. The van der Waals surface area contributed by atoms with Gasteiger partial charge in [0.15, 0.2) is 0 Å². The van der Waals surface area contributed by atoms with E-state index in [1.807, 2.05) is 0 Å². The molecule has 0 atom stereocenters. The van der Waals surface area contributed by atoms with E-state index in [-0.39, 0.29) is 0 Å². The summed E-state index contributed by atoms with van der Waals surface area (Å²) in [6.07, 6.45) is 2.39. The maximum Gasteiger partial charge on any atom is 0.0366 e. The monoisotopic (exact) mass is 378 g/mol. The molecule has 0 bridgehead atoms. The lowest BCUT2D eigenvalue weighted by atomic mass is 10.0. The van der Waals surface area contributed by atoms with Crippen LogP contribution in [-0.2, 0) is 0 Å². The molecule has 0 spiro atoms. The molecular formula is C17H19IN2. The van der Waals surface area contributed by atoms with Crippen molar-refractivity contribution in [3.8, 4) is 0 Å². The number of hydrogen-bond donors (Lipinski definition) is 1. The third kappa shape index (κ3) is 3.45. The van der Waals surface area contributed by atoms with Crippen LogP contribution in [0, 0.1) is 3.57 Å². The molecule has 2 aromatic carbocycles. The van der Waals surface area contributed by atoms with Crippen LogP contribution in [0.4, 0.5) is 11.4 Å². The van der Waals surface area contributed by atoms with Gasteiger partial charge in [-0.15, -0.1) is 0 Å². The molecule has 3 heteroatoms. The van der Waals surface area contributed by atoms with Crippen LogP contribution in [0.1, 0.15) is 12.8 Å². The Labute approximate surface area is 134 Å². The first-order chi connectivity index (χ1) is 9.81. The highest BCUT2D eigenvalue weighted by Gasteiger charge is 2.18. The fraction of sp³-hybridized carbons (Fsp3) is 0.294. The predicted molar refractivity (Wildman–Crippen MR) is 94.5 cm³/mol. The minimum atomic E-state index is 0.593. The normalized spacial score (nSPS) is 16.1. The first-order valence-electron chi connectivity index (χ1n) is 7.13. The Bertz CT molecular complexity index is 531. The van der Waals surface area contributed by atoms with Gasteiger partial charge in [0.25, 0.3) is 0 Å². The van der Waals surface area contributed by atoms with E-state index in [1.165, 1.54) is 27.8 Å². The van der Waals surface area contributed by atoms with E-state index < -0.39 is 0 Å². The summed E-state index contributed by atoms with van der Waals surface area (Å²) in [7, 11) is 0. The molecule has 104 valence electrons. The Morgan fingerprint density at radius 2 is 1.55 bits per heavy atom. The summed E-state index contributed by atoms with van der Waals surface area (Å²) >= 11 is 2.34. The summed E-state index contributed by atoms with van der Waals surface area (Å²) in [5.41, 5.74) is 2.59. The van der Waals surface area contributed by atoms with Crippen LogP contribution >= 0.6 is 22.6 Å². The SMILES string of the molecule is Ic1ccc(NC2CCN(c3ccccc3)CC2)cc1. The van der Waals surface area contributed by atoms with E-state index in [2.05, 4.69) is 87.4 Å². The molecule has 1 fully saturated rings. The van der Waals surface area contributed by atoms with Crippen LogP contribution in [-0.4, -0.2) is 19.1 Å². The molecule has 3 rings (SSSR count). The van der Waals surface area contributed by atoms with Crippen LogP contribution in [0.5, 0.6) is 0 Å². The first kappa shape index (κ1) is 13.7. The van der Waals surface area contributed by atoms with Crippen LogP contribution in [0.15, 0.2) is 54.6 Å². The molecule has 1 N–H and O–H groups in total. The van der Waals surface area contributed by atoms with Gasteiger partial charge < -0.3 is 10.2 Å². The van der Waals surface area contributed by atoms with E-state index in [0.29, 0.717) is 6.04 Å². The number of anilines is 2. The number of nitrogens with zero attached hydrogens (tertiary/aromatic N) is 1. The van der Waals surface area contributed by atoms with Gasteiger partial charge in [-0.05, 0) is 71.8 Å². The molecule has 0 radical (unpaired) electrons. The second kappa shape index (κ2) is 6.48. The zero-order valence-electron chi connectivity index (χ0n) is 11.4. The highest BCUT2D eigenvalue weighted by Crippen LogP contribution is 2.22. The second-order valence-electron chi connectivity index (χ2n) is 5.25. The molecule has 1 aliphatic rings. The van der Waals surface area contributed by atoms with Gasteiger partial charge in [-0.3, -0.25) is 0 Å². The lowest BCUT2D eigenvalue weighted by Crippen LogP contribution is -2.39. The molecule has 0 amide bonds. The number of para-hydroxylation sites is 1. The van der Waals surface area contributed by atoms with Gasteiger partial charge in [-0.1, -0.05) is 18.2 Å². The van der Waals surface area contributed by atoms with Crippen molar-refractivity contribution in [3.05, 3.63) is 58.2 Å². The molecule has 1 aliphatic heterocycles. The zero-order chi connectivity index (χ0) is 13.8. The number of nitrogens with one attached hydrogen (secondary N) is 1. The molecule has 20 heavy (non-hydrogen) atoms. The summed E-state index contributed by atoms with van der Waals surface area (Å²) in [4.78, 5) is 2.48. The van der Waals surface area contributed by atoms with Crippen molar-refractivity contribution in [1.29, 1.82) is 0 Å². The number of benzene rings is 2. The van der Waals surface area contributed by atoms with E-state index in [9.17, 15) is 0 Å². The largest absolute Gasteiger partial charge is 0.382 e. The van der Waals surface area contributed by atoms with Crippen molar-refractivity contribution in [2.45, 2.75) is 18.9 Å². The summed E-state index contributed by atoms with van der Waals surface area (Å²) in [6, 6.07) is 20.0. The summed E-state index contributed by atoms with van der Waals surface area (Å²) in [6.45, 7) is 2.26. The molecule has 0 aliphatic carbocycles. The van der Waals surface area contributed by atoms with Crippen LogP contribution in [0.25, 0.3) is 0 Å². The maximum atomic E-state index is 3.65. The van der Waals surface area contributed by atoms with Crippen molar-refractivity contribution in [2.75, 3.05) is 23.3 Å². The molecule has 0 saturated carbocycles. The topological polar surface area (TPSA) is 15.3 Å². The predicted octanol–water partition coefficient (Wildman–Crippen LogP) is 4.37. The van der Waals surface area contributed by atoms with E-state index in [0.717, 1.165) is 13.1 Å². The van der Waals surface area contributed by atoms with Crippen molar-refractivity contribution in [2.24, 2.45) is 0 Å². The quantitative estimate of drug-likeness (QED) is 0.798. The molecule has 1 saturated heterocycles. The van der Waals surface area contributed by atoms with E-state index in [4.69, 9.17) is 0 Å². The lowest BCUT2D eigenvalue weighted by molar-refractivity contribution is 0.527. The van der Waals surface area contributed by atoms with E-state index in [1.54, 1.807) is 0 Å². The Hall–Kier alpha value is -1.23. The molecule has 0 unspecified atom stereocenters. The van der Waals surface area contributed by atoms with Crippen molar-refractivity contribution in [1.82, 2.24) is 0 Å². The van der Waals surface area contributed by atoms with Gasteiger partial charge in [0.1, 0.15) is 0 Å². The fourth-order valence-electron chi connectivity index (χ4n) is 2.70. The summed E-state index contributed by atoms with van der Waals surface area (Å²) < 4.78 is 1.28. The second-order valence-corrected chi connectivity index (χ2v) is 6.49. The Morgan fingerprint density at radius 1 is 0.900 bits per heavy atom. The van der Waals surface area contributed by atoms with Crippen molar-refractivity contribution in [3.63, 3.8) is 0 Å². The van der Waals surface area contributed by atoms with Crippen LogP contribution in [0.3, 0.4) is 0 Å². The third-order valence-electron chi connectivity index (χ3n) is 3.83. The van der Waals surface area contributed by atoms with Crippen molar-refractivity contribution >= 4 is 34.0 Å². The molecule has 0 aromatic heterocycles.